The number of carbonyl (C=O) groups is 1. The number of rotatable bonds is 4. The van der Waals surface area contributed by atoms with Crippen LogP contribution in [-0.2, 0) is 19.6 Å². The Morgan fingerprint density at radius 2 is 1.62 bits per heavy atom. The standard InChI is InChI=1S/C13H22O2S.CHF3O3S/c14-12-8-4-5-9-13(12)16-10-15-11-6-2-1-3-7-11;2-1(3,4)8(5,6)7/h11,13H,1-10H2;(H,5,6,7). The molecule has 24 heavy (non-hydrogen) atoms. The molecule has 142 valence electrons. The van der Waals surface area contributed by atoms with Gasteiger partial charge in [-0.15, -0.1) is 11.8 Å². The molecule has 2 aliphatic carbocycles. The number of ketones is 1. The molecule has 0 aromatic heterocycles. The molecule has 0 spiro atoms. The van der Waals surface area contributed by atoms with Crippen LogP contribution in [0.5, 0.6) is 0 Å². The summed E-state index contributed by atoms with van der Waals surface area (Å²) >= 11 is 1.73. The van der Waals surface area contributed by atoms with Gasteiger partial charge in [-0.05, 0) is 25.7 Å². The second kappa shape index (κ2) is 9.98. The third kappa shape index (κ3) is 8.17. The first-order valence-corrected chi connectivity index (χ1v) is 10.4. The van der Waals surface area contributed by atoms with Gasteiger partial charge in [-0.3, -0.25) is 9.35 Å². The Morgan fingerprint density at radius 3 is 2.12 bits per heavy atom. The van der Waals surface area contributed by atoms with E-state index >= 15 is 0 Å². The molecule has 0 aromatic rings. The van der Waals surface area contributed by atoms with Crippen molar-refractivity contribution in [1.29, 1.82) is 0 Å². The molecule has 1 N–H and O–H groups in total. The second-order valence-corrected chi connectivity index (χ2v) is 8.38. The number of Topliss-reactive ketones (excluding diaryl/α,β-unsaturated/α-hetero) is 1. The van der Waals surface area contributed by atoms with E-state index < -0.39 is 15.6 Å². The summed E-state index contributed by atoms with van der Waals surface area (Å²) in [6.45, 7) is 0. The van der Waals surface area contributed by atoms with Crippen molar-refractivity contribution >= 4 is 27.7 Å². The number of ether oxygens (including phenoxy) is 1. The Kier molecular flexibility index (Phi) is 9.03. The van der Waals surface area contributed by atoms with Crippen molar-refractivity contribution in [3.8, 4) is 0 Å². The average Bonchev–Trinajstić information content (AvgIpc) is 2.49. The van der Waals surface area contributed by atoms with E-state index in [0.29, 0.717) is 11.9 Å². The van der Waals surface area contributed by atoms with Crippen molar-refractivity contribution in [1.82, 2.24) is 0 Å². The van der Waals surface area contributed by atoms with Gasteiger partial charge >= 0.3 is 15.6 Å². The van der Waals surface area contributed by atoms with Crippen LogP contribution in [0.3, 0.4) is 0 Å². The van der Waals surface area contributed by atoms with Gasteiger partial charge < -0.3 is 4.74 Å². The van der Waals surface area contributed by atoms with Crippen molar-refractivity contribution in [2.24, 2.45) is 0 Å². The molecule has 10 heteroatoms. The highest BCUT2D eigenvalue weighted by Crippen LogP contribution is 2.27. The Bertz CT molecular complexity index is 487. The van der Waals surface area contributed by atoms with Crippen LogP contribution >= 0.6 is 11.8 Å². The predicted molar refractivity (Wildman–Crippen MR) is 85.3 cm³/mol. The molecule has 2 fully saturated rings. The Balaban J connectivity index is 0.000000307. The molecule has 1 unspecified atom stereocenters. The number of alkyl halides is 3. The summed E-state index contributed by atoms with van der Waals surface area (Å²) in [5, 5.41) is 0.234. The minimum atomic E-state index is -5.84. The van der Waals surface area contributed by atoms with E-state index in [9.17, 15) is 18.0 Å². The largest absolute Gasteiger partial charge is 0.522 e. The number of hydrogen-bond donors (Lipinski definition) is 1. The lowest BCUT2D eigenvalue weighted by Crippen LogP contribution is -2.23. The van der Waals surface area contributed by atoms with Gasteiger partial charge in [0.1, 0.15) is 5.78 Å². The zero-order valence-corrected chi connectivity index (χ0v) is 14.9. The lowest BCUT2D eigenvalue weighted by Gasteiger charge is -2.24. The number of carbonyl (C=O) groups excluding carboxylic acids is 1. The van der Waals surface area contributed by atoms with E-state index in [2.05, 4.69) is 0 Å². The highest BCUT2D eigenvalue weighted by Gasteiger charge is 2.44. The van der Waals surface area contributed by atoms with Crippen molar-refractivity contribution in [2.45, 2.75) is 74.6 Å². The quantitative estimate of drug-likeness (QED) is 0.444. The fraction of sp³-hybridized carbons (Fsp3) is 0.929. The van der Waals surface area contributed by atoms with Crippen molar-refractivity contribution in [2.75, 3.05) is 5.94 Å². The summed E-state index contributed by atoms with van der Waals surface area (Å²) in [6.07, 6.45) is 11.1. The SMILES string of the molecule is O=C1CCCCC1SCOC1CCCCC1.O=S(=O)(O)C(F)(F)F. The number of halogens is 3. The average molecular weight is 392 g/mol. The van der Waals surface area contributed by atoms with Gasteiger partial charge in [-0.25, -0.2) is 0 Å². The molecule has 0 saturated heterocycles. The van der Waals surface area contributed by atoms with Gasteiger partial charge in [0.25, 0.3) is 0 Å². The van der Waals surface area contributed by atoms with Crippen LogP contribution < -0.4 is 0 Å². The highest BCUT2D eigenvalue weighted by atomic mass is 32.2. The third-order valence-corrected chi connectivity index (χ3v) is 5.67. The summed E-state index contributed by atoms with van der Waals surface area (Å²) in [6, 6.07) is 0. The normalized spacial score (nSPS) is 23.5. The highest BCUT2D eigenvalue weighted by molar-refractivity contribution is 8.00. The molecule has 0 aromatic carbocycles. The van der Waals surface area contributed by atoms with Crippen molar-refractivity contribution in [3.05, 3.63) is 0 Å². The molecular formula is C14H23F3O5S2. The molecule has 2 aliphatic rings. The molecule has 0 heterocycles. The molecule has 2 rings (SSSR count). The van der Waals surface area contributed by atoms with E-state index in [1.165, 1.54) is 38.5 Å². The molecular weight excluding hydrogens is 369 g/mol. The van der Waals surface area contributed by atoms with E-state index in [-0.39, 0.29) is 5.25 Å². The second-order valence-electron chi connectivity index (χ2n) is 5.83. The summed E-state index contributed by atoms with van der Waals surface area (Å²) in [5.74, 6) is 1.17. The van der Waals surface area contributed by atoms with Crippen LogP contribution in [0.15, 0.2) is 0 Å². The first-order chi connectivity index (χ1) is 11.1. The van der Waals surface area contributed by atoms with E-state index in [4.69, 9.17) is 17.7 Å². The molecule has 0 radical (unpaired) electrons. The smallest absolute Gasteiger partial charge is 0.368 e. The summed E-state index contributed by atoms with van der Waals surface area (Å²) in [4.78, 5) is 11.6. The zero-order valence-electron chi connectivity index (χ0n) is 13.3. The number of hydrogen-bond acceptors (Lipinski definition) is 5. The van der Waals surface area contributed by atoms with Crippen molar-refractivity contribution < 1.29 is 35.7 Å². The van der Waals surface area contributed by atoms with Gasteiger partial charge in [-0.1, -0.05) is 25.7 Å². The monoisotopic (exact) mass is 392 g/mol. The maximum absolute atomic E-state index is 11.6. The van der Waals surface area contributed by atoms with Crippen LogP contribution in [0.25, 0.3) is 0 Å². The van der Waals surface area contributed by atoms with Crippen LogP contribution in [0, 0.1) is 0 Å². The molecule has 0 bridgehead atoms. The Hall–Kier alpha value is -0.320. The Morgan fingerprint density at radius 1 is 1.08 bits per heavy atom. The first-order valence-electron chi connectivity index (χ1n) is 7.91. The topological polar surface area (TPSA) is 80.7 Å². The lowest BCUT2D eigenvalue weighted by molar-refractivity contribution is -0.119. The summed E-state index contributed by atoms with van der Waals surface area (Å²) < 4.78 is 63.4. The molecule has 0 aliphatic heterocycles. The van der Waals surface area contributed by atoms with Crippen LogP contribution in [0.2, 0.25) is 0 Å². The van der Waals surface area contributed by atoms with Gasteiger partial charge in [0, 0.05) is 6.42 Å². The van der Waals surface area contributed by atoms with Gasteiger partial charge in [-0.2, -0.15) is 21.6 Å². The van der Waals surface area contributed by atoms with Gasteiger partial charge in [0.05, 0.1) is 17.3 Å². The fourth-order valence-corrected chi connectivity index (χ4v) is 3.65. The van der Waals surface area contributed by atoms with E-state index in [0.717, 1.165) is 25.2 Å². The molecule has 2 saturated carbocycles. The maximum Gasteiger partial charge on any atom is 0.522 e. The van der Waals surface area contributed by atoms with Crippen molar-refractivity contribution in [3.63, 3.8) is 0 Å². The van der Waals surface area contributed by atoms with E-state index in [1.807, 2.05) is 0 Å². The lowest BCUT2D eigenvalue weighted by atomic mass is 9.98. The summed E-state index contributed by atoms with van der Waals surface area (Å²) in [5.41, 5.74) is -5.53. The predicted octanol–water partition coefficient (Wildman–Crippen LogP) is 3.93. The molecule has 5 nitrogen and oxygen atoms in total. The fourth-order valence-electron chi connectivity index (χ4n) is 2.58. The summed E-state index contributed by atoms with van der Waals surface area (Å²) in [7, 11) is -5.84. The van der Waals surface area contributed by atoms with Crippen LogP contribution in [0.1, 0.15) is 57.8 Å². The Labute approximate surface area is 144 Å². The molecule has 1 atom stereocenters. The van der Waals surface area contributed by atoms with Crippen LogP contribution in [0.4, 0.5) is 13.2 Å². The number of thioether (sulfide) groups is 1. The zero-order chi connectivity index (χ0) is 18.2. The minimum absolute atomic E-state index is 0.234. The maximum atomic E-state index is 11.6. The molecule has 0 amide bonds. The van der Waals surface area contributed by atoms with Gasteiger partial charge in [0.2, 0.25) is 0 Å². The third-order valence-electron chi connectivity index (χ3n) is 3.92. The minimum Gasteiger partial charge on any atom is -0.368 e. The van der Waals surface area contributed by atoms with Gasteiger partial charge in [0.15, 0.2) is 0 Å². The van der Waals surface area contributed by atoms with Crippen LogP contribution in [-0.4, -0.2) is 41.6 Å². The van der Waals surface area contributed by atoms with E-state index in [1.54, 1.807) is 11.8 Å². The first kappa shape index (κ1) is 21.7.